The second kappa shape index (κ2) is 7.34. The third kappa shape index (κ3) is 4.79. The average molecular weight is 308 g/mol. The molecule has 3 nitrogen and oxygen atoms in total. The Morgan fingerprint density at radius 2 is 2.12 bits per heavy atom. The van der Waals surface area contributed by atoms with E-state index >= 15 is 0 Å². The van der Waals surface area contributed by atoms with Crippen LogP contribution in [0.25, 0.3) is 0 Å². The molecule has 0 fully saturated rings. The van der Waals surface area contributed by atoms with Crippen LogP contribution in [-0.4, -0.2) is 31.0 Å². The van der Waals surface area contributed by atoms with Gasteiger partial charge in [0, 0.05) is 11.9 Å². The minimum Gasteiger partial charge on any atom is -0.379 e. The number of benzene rings is 1. The van der Waals surface area contributed by atoms with E-state index < -0.39 is 17.5 Å². The highest BCUT2D eigenvalue weighted by Crippen LogP contribution is 2.09. The third-order valence-electron chi connectivity index (χ3n) is 1.93. The fourth-order valence-electron chi connectivity index (χ4n) is 1.16. The summed E-state index contributed by atoms with van der Waals surface area (Å²) < 4.78 is 31.1. The topological polar surface area (TPSA) is 38.3 Å². The zero-order valence-electron chi connectivity index (χ0n) is 9.01. The summed E-state index contributed by atoms with van der Waals surface area (Å²) in [6, 6.07) is 2.75. The fourth-order valence-corrected chi connectivity index (χ4v) is 1.39. The molecule has 94 valence electrons. The number of carbonyl (C=O) groups excluding carboxylic acids is 1. The van der Waals surface area contributed by atoms with E-state index in [1.165, 1.54) is 0 Å². The maximum atomic E-state index is 13.2. The van der Waals surface area contributed by atoms with Crippen molar-refractivity contribution in [3.8, 4) is 0 Å². The Bertz CT molecular complexity index is 388. The van der Waals surface area contributed by atoms with E-state index in [1.54, 1.807) is 0 Å². The van der Waals surface area contributed by atoms with E-state index in [0.717, 1.165) is 18.2 Å². The molecule has 1 amide bonds. The molecular weight excluding hydrogens is 296 g/mol. The van der Waals surface area contributed by atoms with Crippen molar-refractivity contribution in [3.63, 3.8) is 0 Å². The van der Waals surface area contributed by atoms with Gasteiger partial charge in [0.1, 0.15) is 11.6 Å². The van der Waals surface area contributed by atoms with Gasteiger partial charge in [0.05, 0.1) is 18.8 Å². The maximum Gasteiger partial charge on any atom is 0.254 e. The minimum atomic E-state index is -0.745. The summed E-state index contributed by atoms with van der Waals surface area (Å²) in [5, 5.41) is 3.15. The number of alkyl halides is 1. The highest BCUT2D eigenvalue weighted by atomic mass is 79.9. The number of hydrogen-bond acceptors (Lipinski definition) is 2. The van der Waals surface area contributed by atoms with Crippen molar-refractivity contribution in [2.24, 2.45) is 0 Å². The quantitative estimate of drug-likeness (QED) is 0.646. The van der Waals surface area contributed by atoms with Gasteiger partial charge in [-0.25, -0.2) is 8.78 Å². The van der Waals surface area contributed by atoms with Gasteiger partial charge < -0.3 is 10.1 Å². The lowest BCUT2D eigenvalue weighted by molar-refractivity contribution is 0.0919. The summed E-state index contributed by atoms with van der Waals surface area (Å²) >= 11 is 3.18. The summed E-state index contributed by atoms with van der Waals surface area (Å²) in [4.78, 5) is 11.5. The Balaban J connectivity index is 2.44. The molecule has 0 unspecified atom stereocenters. The largest absolute Gasteiger partial charge is 0.379 e. The lowest BCUT2D eigenvalue weighted by Gasteiger charge is -2.06. The maximum absolute atomic E-state index is 13.2. The first-order chi connectivity index (χ1) is 8.15. The van der Waals surface area contributed by atoms with Crippen molar-refractivity contribution in [1.82, 2.24) is 5.32 Å². The van der Waals surface area contributed by atoms with Crippen molar-refractivity contribution in [2.75, 3.05) is 25.1 Å². The van der Waals surface area contributed by atoms with Gasteiger partial charge in [-0.2, -0.15) is 0 Å². The molecule has 0 radical (unpaired) electrons. The monoisotopic (exact) mass is 307 g/mol. The molecule has 0 atom stereocenters. The van der Waals surface area contributed by atoms with Crippen LogP contribution in [0.2, 0.25) is 0 Å². The predicted octanol–water partition coefficient (Wildman–Crippen LogP) is 2.11. The highest BCUT2D eigenvalue weighted by molar-refractivity contribution is 9.09. The highest BCUT2D eigenvalue weighted by Gasteiger charge is 2.11. The van der Waals surface area contributed by atoms with Crippen LogP contribution in [0.4, 0.5) is 8.78 Å². The van der Waals surface area contributed by atoms with Crippen LogP contribution in [0, 0.1) is 11.6 Å². The molecule has 6 heteroatoms. The number of halogens is 3. The van der Waals surface area contributed by atoms with Gasteiger partial charge in [0.2, 0.25) is 0 Å². The minimum absolute atomic E-state index is 0.252. The second-order valence-electron chi connectivity index (χ2n) is 3.18. The molecule has 0 heterocycles. The molecule has 0 aliphatic carbocycles. The van der Waals surface area contributed by atoms with E-state index in [-0.39, 0.29) is 12.1 Å². The number of rotatable bonds is 6. The Kier molecular flexibility index (Phi) is 6.07. The number of nitrogens with one attached hydrogen (secondary N) is 1. The van der Waals surface area contributed by atoms with E-state index in [1.807, 2.05) is 0 Å². The van der Waals surface area contributed by atoms with E-state index in [4.69, 9.17) is 4.74 Å². The molecule has 0 aliphatic rings. The number of hydrogen-bond donors (Lipinski definition) is 1. The van der Waals surface area contributed by atoms with E-state index in [2.05, 4.69) is 21.2 Å². The summed E-state index contributed by atoms with van der Waals surface area (Å²) in [6.07, 6.45) is 0. The smallest absolute Gasteiger partial charge is 0.254 e. The summed E-state index contributed by atoms with van der Waals surface area (Å²) in [5.74, 6) is -2.04. The first-order valence-electron chi connectivity index (χ1n) is 5.02. The van der Waals surface area contributed by atoms with Gasteiger partial charge in [-0.15, -0.1) is 0 Å². The third-order valence-corrected chi connectivity index (χ3v) is 2.25. The summed E-state index contributed by atoms with van der Waals surface area (Å²) in [6.45, 7) is 1.11. The van der Waals surface area contributed by atoms with Crippen LogP contribution in [0.3, 0.4) is 0 Å². The van der Waals surface area contributed by atoms with Gasteiger partial charge >= 0.3 is 0 Å². The molecular formula is C11H12BrF2NO2. The lowest BCUT2D eigenvalue weighted by Crippen LogP contribution is -2.28. The molecule has 0 aromatic heterocycles. The van der Waals surface area contributed by atoms with Crippen molar-refractivity contribution in [2.45, 2.75) is 0 Å². The van der Waals surface area contributed by atoms with Crippen LogP contribution in [0.1, 0.15) is 10.4 Å². The Hall–Kier alpha value is -1.01. The molecule has 0 spiro atoms. The molecule has 1 aromatic carbocycles. The van der Waals surface area contributed by atoms with Gasteiger partial charge in [-0.3, -0.25) is 4.79 Å². The Morgan fingerprint density at radius 3 is 2.82 bits per heavy atom. The zero-order chi connectivity index (χ0) is 12.7. The van der Waals surface area contributed by atoms with Crippen molar-refractivity contribution >= 4 is 21.8 Å². The lowest BCUT2D eigenvalue weighted by atomic mass is 10.2. The molecule has 1 N–H and O–H groups in total. The van der Waals surface area contributed by atoms with Crippen molar-refractivity contribution in [3.05, 3.63) is 35.4 Å². The van der Waals surface area contributed by atoms with Crippen LogP contribution in [0.5, 0.6) is 0 Å². The van der Waals surface area contributed by atoms with E-state index in [9.17, 15) is 13.6 Å². The standard InChI is InChI=1S/C11H12BrF2NO2/c12-3-5-17-6-4-15-11(16)9-7-8(13)1-2-10(9)14/h1-2,7H,3-6H2,(H,15,16). The fraction of sp³-hybridized carbons (Fsp3) is 0.364. The van der Waals surface area contributed by atoms with Gasteiger partial charge in [-0.05, 0) is 18.2 Å². The molecule has 0 bridgehead atoms. The van der Waals surface area contributed by atoms with Gasteiger partial charge in [0.15, 0.2) is 0 Å². The molecule has 0 saturated carbocycles. The van der Waals surface area contributed by atoms with Crippen LogP contribution in [0.15, 0.2) is 18.2 Å². The molecule has 1 rings (SSSR count). The number of ether oxygens (including phenoxy) is 1. The number of carbonyl (C=O) groups is 1. The zero-order valence-corrected chi connectivity index (χ0v) is 10.6. The van der Waals surface area contributed by atoms with Crippen LogP contribution >= 0.6 is 15.9 Å². The summed E-state index contributed by atoms with van der Waals surface area (Å²) in [5.41, 5.74) is -0.300. The molecule has 1 aromatic rings. The van der Waals surface area contributed by atoms with Crippen molar-refractivity contribution in [1.29, 1.82) is 0 Å². The number of amides is 1. The van der Waals surface area contributed by atoms with Crippen LogP contribution in [-0.2, 0) is 4.74 Å². The van der Waals surface area contributed by atoms with Crippen LogP contribution < -0.4 is 5.32 Å². The first kappa shape index (κ1) is 14.1. The second-order valence-corrected chi connectivity index (χ2v) is 3.97. The van der Waals surface area contributed by atoms with Crippen molar-refractivity contribution < 1.29 is 18.3 Å². The average Bonchev–Trinajstić information content (AvgIpc) is 2.32. The molecule has 17 heavy (non-hydrogen) atoms. The predicted molar refractivity (Wildman–Crippen MR) is 63.3 cm³/mol. The van der Waals surface area contributed by atoms with Gasteiger partial charge in [-0.1, -0.05) is 15.9 Å². The Labute approximate surface area is 106 Å². The first-order valence-corrected chi connectivity index (χ1v) is 6.14. The molecule has 0 saturated heterocycles. The Morgan fingerprint density at radius 1 is 1.35 bits per heavy atom. The SMILES string of the molecule is O=C(NCCOCCBr)c1cc(F)ccc1F. The normalized spacial score (nSPS) is 10.3. The van der Waals surface area contributed by atoms with Gasteiger partial charge in [0.25, 0.3) is 5.91 Å². The summed E-state index contributed by atoms with van der Waals surface area (Å²) in [7, 11) is 0. The van der Waals surface area contributed by atoms with E-state index in [0.29, 0.717) is 18.5 Å². The molecule has 0 aliphatic heterocycles.